The Labute approximate surface area is 147 Å². The number of hydrogen-bond donors (Lipinski definition) is 1. The van der Waals surface area contributed by atoms with E-state index in [1.54, 1.807) is 0 Å². The van der Waals surface area contributed by atoms with Crippen LogP contribution in [0.3, 0.4) is 0 Å². The smallest absolute Gasteiger partial charge is 0.384 e. The van der Waals surface area contributed by atoms with Gasteiger partial charge < -0.3 is 5.11 Å². The van der Waals surface area contributed by atoms with Gasteiger partial charge in [0.05, 0.1) is 0 Å². The highest BCUT2D eigenvalue weighted by atomic mass is 127. The Hall–Kier alpha value is -0.340. The molecule has 0 saturated heterocycles. The second-order valence-corrected chi connectivity index (χ2v) is 6.74. The van der Waals surface area contributed by atoms with Crippen LogP contribution in [0, 0.1) is 0 Å². The van der Waals surface area contributed by atoms with E-state index >= 15 is 0 Å². The summed E-state index contributed by atoms with van der Waals surface area (Å²) >= 11 is 0.955. The van der Waals surface area contributed by atoms with Crippen molar-refractivity contribution in [2.24, 2.45) is 0 Å². The molecular formula is C12H10F11IO. The molecule has 0 bridgehead atoms. The molecule has 1 N–H and O–H groups in total. The number of aliphatic hydroxyl groups excluding tert-OH is 1. The van der Waals surface area contributed by atoms with Crippen molar-refractivity contribution in [2.75, 3.05) is 6.61 Å². The molecule has 0 atom stereocenters. The first-order chi connectivity index (χ1) is 11.0. The molecule has 0 spiro atoms. The van der Waals surface area contributed by atoms with Gasteiger partial charge in [-0.2, -0.15) is 43.9 Å². The normalized spacial score (nSPS) is 28.6. The number of hydrogen-bond acceptors (Lipinski definition) is 1. The number of alkyl halides is 11. The van der Waals surface area contributed by atoms with Gasteiger partial charge in [0.1, 0.15) is 0 Å². The highest BCUT2D eigenvalue weighted by molar-refractivity contribution is 14.1. The molecule has 0 heterocycles. The molecule has 1 aliphatic rings. The third kappa shape index (κ3) is 2.74. The van der Waals surface area contributed by atoms with Crippen molar-refractivity contribution in [3.05, 3.63) is 9.66 Å². The maximum absolute atomic E-state index is 14.3. The summed E-state index contributed by atoms with van der Waals surface area (Å²) in [5.74, 6) is -35.0. The van der Waals surface area contributed by atoms with Gasteiger partial charge in [0, 0.05) is 6.61 Å². The molecule has 1 nitrogen and oxygen atoms in total. The third-order valence-electron chi connectivity index (χ3n) is 3.67. The van der Waals surface area contributed by atoms with E-state index in [1.807, 2.05) is 0 Å². The van der Waals surface area contributed by atoms with Crippen LogP contribution in [0.4, 0.5) is 48.3 Å². The van der Waals surface area contributed by atoms with Crippen molar-refractivity contribution in [3.8, 4) is 0 Å². The summed E-state index contributed by atoms with van der Waals surface area (Å²) in [5.41, 5.74) is -6.07. The van der Waals surface area contributed by atoms with Crippen LogP contribution < -0.4 is 0 Å². The molecule has 1 saturated carbocycles. The first kappa shape index (κ1) is 22.7. The minimum atomic E-state index is -7.20. The topological polar surface area (TPSA) is 20.2 Å². The molecule has 1 fully saturated rings. The second-order valence-electron chi connectivity index (χ2n) is 5.36. The van der Waals surface area contributed by atoms with Crippen LogP contribution in [-0.4, -0.2) is 47.0 Å². The summed E-state index contributed by atoms with van der Waals surface area (Å²) in [4.78, 5) is 0. The lowest BCUT2D eigenvalue weighted by molar-refractivity contribution is -0.476. The average Bonchev–Trinajstić information content (AvgIpc) is 2.45. The van der Waals surface area contributed by atoms with E-state index in [2.05, 4.69) is 0 Å². The molecule has 0 aromatic carbocycles. The third-order valence-corrected chi connectivity index (χ3v) is 4.52. The Morgan fingerprint density at radius 1 is 0.680 bits per heavy atom. The van der Waals surface area contributed by atoms with Gasteiger partial charge in [-0.1, -0.05) is 0 Å². The van der Waals surface area contributed by atoms with Gasteiger partial charge in [0.15, 0.2) is 0 Å². The molecule has 13 heteroatoms. The van der Waals surface area contributed by atoms with Crippen molar-refractivity contribution < 1.29 is 53.4 Å². The van der Waals surface area contributed by atoms with Gasteiger partial charge in [-0.15, -0.1) is 0 Å². The SMILES string of the molecule is OCCCCC(I)=CC1(F)C(F)(F)C(F)(F)C(F)(F)C(F)(F)C1(F)F. The van der Waals surface area contributed by atoms with E-state index < -0.39 is 58.0 Å². The van der Waals surface area contributed by atoms with Gasteiger partial charge in [0.25, 0.3) is 5.67 Å². The molecular weight excluding hydrogens is 496 g/mol. The molecule has 0 aliphatic heterocycles. The largest absolute Gasteiger partial charge is 0.396 e. The zero-order valence-electron chi connectivity index (χ0n) is 11.9. The van der Waals surface area contributed by atoms with Crippen LogP contribution in [0.5, 0.6) is 0 Å². The van der Waals surface area contributed by atoms with Crippen LogP contribution in [0.2, 0.25) is 0 Å². The lowest BCUT2D eigenvalue weighted by Gasteiger charge is -2.51. The predicted octanol–water partition coefficient (Wildman–Crippen LogP) is 5.37. The lowest BCUT2D eigenvalue weighted by Crippen LogP contribution is -2.83. The number of rotatable bonds is 5. The number of halogens is 12. The number of unbranched alkanes of at least 4 members (excludes halogenated alkanes) is 1. The maximum atomic E-state index is 14.3. The van der Waals surface area contributed by atoms with Gasteiger partial charge in [-0.3, -0.25) is 0 Å². The van der Waals surface area contributed by atoms with Crippen molar-refractivity contribution in [3.63, 3.8) is 0 Å². The molecule has 0 unspecified atom stereocenters. The first-order valence-corrected chi connectivity index (χ1v) is 7.59. The quantitative estimate of drug-likeness (QED) is 0.303. The molecule has 0 aromatic heterocycles. The van der Waals surface area contributed by atoms with Crippen LogP contribution in [0.1, 0.15) is 19.3 Å². The molecule has 25 heavy (non-hydrogen) atoms. The minimum absolute atomic E-state index is 0.0171. The van der Waals surface area contributed by atoms with Gasteiger partial charge in [-0.25, -0.2) is 4.39 Å². The highest BCUT2D eigenvalue weighted by Gasteiger charge is 3.00. The Kier molecular flexibility index (Phi) is 5.79. The molecule has 148 valence electrons. The molecule has 0 aromatic rings. The first-order valence-electron chi connectivity index (χ1n) is 6.51. The van der Waals surface area contributed by atoms with E-state index in [0.29, 0.717) is 0 Å². The van der Waals surface area contributed by atoms with Gasteiger partial charge in [0.2, 0.25) is 0 Å². The van der Waals surface area contributed by atoms with Crippen LogP contribution in [0.25, 0.3) is 0 Å². The zero-order valence-corrected chi connectivity index (χ0v) is 14.0. The fraction of sp³-hybridized carbons (Fsp3) is 0.833. The van der Waals surface area contributed by atoms with E-state index in [1.165, 1.54) is 0 Å². The Bertz CT molecular complexity index is 513. The van der Waals surface area contributed by atoms with Crippen molar-refractivity contribution in [1.82, 2.24) is 0 Å². The zero-order chi connectivity index (χ0) is 20.1. The molecule has 1 aliphatic carbocycles. The summed E-state index contributed by atoms with van der Waals surface area (Å²) in [5, 5.41) is 8.49. The minimum Gasteiger partial charge on any atom is -0.396 e. The van der Waals surface area contributed by atoms with Crippen LogP contribution in [0.15, 0.2) is 9.66 Å². The predicted molar refractivity (Wildman–Crippen MR) is 71.6 cm³/mol. The highest BCUT2D eigenvalue weighted by Crippen LogP contribution is 2.69. The van der Waals surface area contributed by atoms with Crippen molar-refractivity contribution in [1.29, 1.82) is 0 Å². The summed E-state index contributed by atoms with van der Waals surface area (Å²) in [6, 6.07) is 0. The van der Waals surface area contributed by atoms with Crippen molar-refractivity contribution >= 4 is 22.6 Å². The maximum Gasteiger partial charge on any atom is 0.384 e. The monoisotopic (exact) mass is 506 g/mol. The number of allylic oxidation sites excluding steroid dienone is 2. The second kappa shape index (κ2) is 6.37. The van der Waals surface area contributed by atoms with Crippen LogP contribution in [-0.2, 0) is 0 Å². The van der Waals surface area contributed by atoms with Gasteiger partial charge in [-0.05, 0) is 51.5 Å². The summed E-state index contributed by atoms with van der Waals surface area (Å²) in [6.45, 7) is -0.431. The van der Waals surface area contributed by atoms with Crippen molar-refractivity contribution in [2.45, 2.75) is 54.5 Å². The summed E-state index contributed by atoms with van der Waals surface area (Å²) < 4.78 is 147. The Morgan fingerprint density at radius 3 is 1.40 bits per heavy atom. The fourth-order valence-corrected chi connectivity index (χ4v) is 2.93. The van der Waals surface area contributed by atoms with E-state index in [4.69, 9.17) is 5.11 Å². The fourth-order valence-electron chi connectivity index (χ4n) is 2.12. The van der Waals surface area contributed by atoms with E-state index in [0.717, 1.165) is 22.6 Å². The Balaban J connectivity index is 3.58. The Morgan fingerprint density at radius 2 is 1.04 bits per heavy atom. The number of aliphatic hydroxyl groups is 1. The van der Waals surface area contributed by atoms with Crippen LogP contribution >= 0.6 is 22.6 Å². The summed E-state index contributed by atoms with van der Waals surface area (Å²) in [7, 11) is 0. The summed E-state index contributed by atoms with van der Waals surface area (Å²) in [6.07, 6.45) is -1.51. The lowest BCUT2D eigenvalue weighted by atomic mass is 9.72. The average molecular weight is 506 g/mol. The molecule has 1 rings (SSSR count). The molecule has 0 radical (unpaired) electrons. The standard InChI is InChI=1S/C12H10F11IO/c13-7(5-6(24)3-1-2-4-25)8(14,15)10(18,19)12(22,23)11(20,21)9(7,16)17/h5,25H,1-4H2. The molecule has 0 amide bonds. The van der Waals surface area contributed by atoms with Gasteiger partial charge >= 0.3 is 29.6 Å². The van der Waals surface area contributed by atoms with E-state index in [-0.39, 0.29) is 12.8 Å². The van der Waals surface area contributed by atoms with E-state index in [9.17, 15) is 48.3 Å².